The molecule has 2 aromatic rings. The molecule has 112 valence electrons. The molecule has 0 amide bonds. The molecule has 1 aliphatic heterocycles. The number of esters is 1. The topological polar surface area (TPSA) is 51.7 Å². The Morgan fingerprint density at radius 3 is 2.76 bits per heavy atom. The molecule has 2 heterocycles. The maximum absolute atomic E-state index is 11.6. The number of aromatic nitrogens is 1. The van der Waals surface area contributed by atoms with Crippen molar-refractivity contribution in [3.63, 3.8) is 0 Å². The first-order valence-corrected chi connectivity index (χ1v) is 7.80. The minimum absolute atomic E-state index is 0.0284. The van der Waals surface area contributed by atoms with E-state index in [9.17, 15) is 4.79 Å². The zero-order chi connectivity index (χ0) is 14.8. The van der Waals surface area contributed by atoms with Gasteiger partial charge in [-0.3, -0.25) is 4.79 Å². The third kappa shape index (κ3) is 2.81. The van der Waals surface area contributed by atoms with E-state index in [2.05, 4.69) is 9.88 Å². The predicted octanol–water partition coefficient (Wildman–Crippen LogP) is 2.69. The normalized spacial score (nSPS) is 16.2. The van der Waals surface area contributed by atoms with Crippen LogP contribution in [0, 0.1) is 5.92 Å². The molecular formula is C15H18N2O3S. The molecule has 21 heavy (non-hydrogen) atoms. The summed E-state index contributed by atoms with van der Waals surface area (Å²) in [5, 5.41) is 1.02. The van der Waals surface area contributed by atoms with Crippen molar-refractivity contribution in [3.05, 3.63) is 18.2 Å². The van der Waals surface area contributed by atoms with Crippen LogP contribution < -0.4 is 9.64 Å². The van der Waals surface area contributed by atoms with E-state index in [-0.39, 0.29) is 11.9 Å². The molecule has 0 radical (unpaired) electrons. The first-order chi connectivity index (χ1) is 10.2. The number of carbonyl (C=O) groups excluding carboxylic acids is 1. The molecule has 3 rings (SSSR count). The molecule has 1 aromatic heterocycles. The number of rotatable bonds is 3. The Morgan fingerprint density at radius 2 is 2.10 bits per heavy atom. The molecule has 5 nitrogen and oxygen atoms in total. The van der Waals surface area contributed by atoms with Crippen molar-refractivity contribution in [2.75, 3.05) is 32.2 Å². The highest BCUT2D eigenvalue weighted by Crippen LogP contribution is 2.33. The van der Waals surface area contributed by atoms with Crippen molar-refractivity contribution in [2.24, 2.45) is 5.92 Å². The maximum atomic E-state index is 11.6. The minimum atomic E-state index is -0.0938. The molecule has 0 aliphatic carbocycles. The molecule has 1 aromatic carbocycles. The van der Waals surface area contributed by atoms with Gasteiger partial charge < -0.3 is 14.4 Å². The van der Waals surface area contributed by atoms with Crippen molar-refractivity contribution in [3.8, 4) is 5.75 Å². The van der Waals surface area contributed by atoms with Gasteiger partial charge in [-0.25, -0.2) is 4.98 Å². The molecule has 0 atom stereocenters. The van der Waals surface area contributed by atoms with Crippen LogP contribution in [0.1, 0.15) is 12.8 Å². The first kappa shape index (κ1) is 14.1. The van der Waals surface area contributed by atoms with Crippen LogP contribution in [0.15, 0.2) is 18.2 Å². The van der Waals surface area contributed by atoms with Gasteiger partial charge in [-0.15, -0.1) is 0 Å². The number of nitrogens with zero attached hydrogens (tertiary/aromatic N) is 2. The second kappa shape index (κ2) is 5.89. The van der Waals surface area contributed by atoms with Crippen molar-refractivity contribution < 1.29 is 14.3 Å². The van der Waals surface area contributed by atoms with Crippen LogP contribution in [-0.2, 0) is 9.53 Å². The number of methoxy groups -OCH3 is 2. The van der Waals surface area contributed by atoms with Gasteiger partial charge in [-0.1, -0.05) is 11.3 Å². The summed E-state index contributed by atoms with van der Waals surface area (Å²) in [6.45, 7) is 1.69. The van der Waals surface area contributed by atoms with Crippen LogP contribution in [0.5, 0.6) is 5.75 Å². The van der Waals surface area contributed by atoms with Gasteiger partial charge in [0.15, 0.2) is 5.13 Å². The zero-order valence-electron chi connectivity index (χ0n) is 12.2. The fraction of sp³-hybridized carbons (Fsp3) is 0.467. The summed E-state index contributed by atoms with van der Waals surface area (Å²) in [4.78, 5) is 18.5. The average molecular weight is 306 g/mol. The lowest BCUT2D eigenvalue weighted by Crippen LogP contribution is -2.36. The standard InChI is InChI=1S/C15H18N2O3S/c1-19-11-3-4-12-13(9-11)21-15(16-12)17-7-5-10(6-8-17)14(18)20-2/h3-4,9-10H,5-8H2,1-2H3. The lowest BCUT2D eigenvalue weighted by molar-refractivity contribution is -0.146. The molecule has 1 saturated heterocycles. The summed E-state index contributed by atoms with van der Waals surface area (Å²) in [7, 11) is 3.12. The van der Waals surface area contributed by atoms with Crippen LogP contribution in [0.25, 0.3) is 10.2 Å². The monoisotopic (exact) mass is 306 g/mol. The molecule has 1 fully saturated rings. The van der Waals surface area contributed by atoms with Gasteiger partial charge in [0.2, 0.25) is 0 Å². The second-order valence-electron chi connectivity index (χ2n) is 5.11. The van der Waals surface area contributed by atoms with E-state index in [1.165, 1.54) is 7.11 Å². The Labute approximate surface area is 127 Å². The number of carbonyl (C=O) groups is 1. The number of anilines is 1. The van der Waals surface area contributed by atoms with E-state index in [1.807, 2.05) is 18.2 Å². The van der Waals surface area contributed by atoms with E-state index in [1.54, 1.807) is 18.4 Å². The number of piperidine rings is 1. The molecule has 6 heteroatoms. The Bertz CT molecular complexity index is 647. The Balaban J connectivity index is 1.74. The van der Waals surface area contributed by atoms with Crippen LogP contribution in [0.3, 0.4) is 0 Å². The van der Waals surface area contributed by atoms with Gasteiger partial charge >= 0.3 is 5.97 Å². The highest BCUT2D eigenvalue weighted by atomic mass is 32.1. The third-order valence-corrected chi connectivity index (χ3v) is 4.96. The molecular weight excluding hydrogens is 288 g/mol. The summed E-state index contributed by atoms with van der Waals surface area (Å²) < 4.78 is 11.2. The minimum Gasteiger partial charge on any atom is -0.497 e. The fourth-order valence-corrected chi connectivity index (χ4v) is 3.67. The molecule has 0 bridgehead atoms. The summed E-state index contributed by atoms with van der Waals surface area (Å²) in [5.74, 6) is 0.784. The van der Waals surface area contributed by atoms with E-state index in [4.69, 9.17) is 9.47 Å². The van der Waals surface area contributed by atoms with Gasteiger partial charge in [-0.2, -0.15) is 0 Å². The molecule has 0 unspecified atom stereocenters. The van der Waals surface area contributed by atoms with Crippen LogP contribution in [0.2, 0.25) is 0 Å². The Kier molecular flexibility index (Phi) is 3.96. The number of hydrogen-bond acceptors (Lipinski definition) is 6. The van der Waals surface area contributed by atoms with E-state index < -0.39 is 0 Å². The lowest BCUT2D eigenvalue weighted by atomic mass is 9.97. The van der Waals surface area contributed by atoms with Gasteiger partial charge in [0, 0.05) is 13.1 Å². The second-order valence-corrected chi connectivity index (χ2v) is 6.12. The molecule has 1 aliphatic rings. The van der Waals surface area contributed by atoms with E-state index in [0.717, 1.165) is 47.0 Å². The van der Waals surface area contributed by atoms with Gasteiger partial charge in [-0.05, 0) is 31.0 Å². The largest absolute Gasteiger partial charge is 0.497 e. The average Bonchev–Trinajstić information content (AvgIpc) is 2.97. The number of benzene rings is 1. The summed E-state index contributed by atoms with van der Waals surface area (Å²) in [6, 6.07) is 5.92. The van der Waals surface area contributed by atoms with Gasteiger partial charge in [0.1, 0.15) is 5.75 Å². The number of hydrogen-bond donors (Lipinski definition) is 0. The fourth-order valence-electron chi connectivity index (χ4n) is 2.63. The summed E-state index contributed by atoms with van der Waals surface area (Å²) >= 11 is 1.67. The lowest BCUT2D eigenvalue weighted by Gasteiger charge is -2.30. The maximum Gasteiger partial charge on any atom is 0.308 e. The Morgan fingerprint density at radius 1 is 1.33 bits per heavy atom. The quantitative estimate of drug-likeness (QED) is 0.816. The number of fused-ring (bicyclic) bond motifs is 1. The third-order valence-electron chi connectivity index (χ3n) is 3.88. The summed E-state index contributed by atoms with van der Waals surface area (Å²) in [5.41, 5.74) is 0.992. The van der Waals surface area contributed by atoms with Crippen LogP contribution in [0.4, 0.5) is 5.13 Å². The highest BCUT2D eigenvalue weighted by Gasteiger charge is 2.26. The number of thiazole rings is 1. The highest BCUT2D eigenvalue weighted by molar-refractivity contribution is 7.22. The molecule has 0 saturated carbocycles. The van der Waals surface area contributed by atoms with Crippen LogP contribution in [-0.4, -0.2) is 38.3 Å². The number of ether oxygens (including phenoxy) is 2. The van der Waals surface area contributed by atoms with Crippen molar-refractivity contribution in [2.45, 2.75) is 12.8 Å². The van der Waals surface area contributed by atoms with Crippen molar-refractivity contribution in [1.82, 2.24) is 4.98 Å². The smallest absolute Gasteiger partial charge is 0.308 e. The van der Waals surface area contributed by atoms with Crippen molar-refractivity contribution in [1.29, 1.82) is 0 Å². The SMILES string of the molecule is COC(=O)C1CCN(c2nc3ccc(OC)cc3s2)CC1. The predicted molar refractivity (Wildman–Crippen MR) is 83.1 cm³/mol. The van der Waals surface area contributed by atoms with Crippen molar-refractivity contribution >= 4 is 32.7 Å². The van der Waals surface area contributed by atoms with E-state index >= 15 is 0 Å². The molecule has 0 N–H and O–H groups in total. The molecule has 0 spiro atoms. The summed E-state index contributed by atoms with van der Waals surface area (Å²) in [6.07, 6.45) is 1.65. The Hall–Kier alpha value is -1.82. The van der Waals surface area contributed by atoms with Gasteiger partial charge in [0.05, 0.1) is 30.4 Å². The van der Waals surface area contributed by atoms with E-state index in [0.29, 0.717) is 0 Å². The van der Waals surface area contributed by atoms with Crippen LogP contribution >= 0.6 is 11.3 Å². The van der Waals surface area contributed by atoms with Gasteiger partial charge in [0.25, 0.3) is 0 Å². The first-order valence-electron chi connectivity index (χ1n) is 6.98. The zero-order valence-corrected chi connectivity index (χ0v) is 13.0.